The Morgan fingerprint density at radius 2 is 2.00 bits per heavy atom. The lowest BCUT2D eigenvalue weighted by Gasteiger charge is -2.19. The quantitative estimate of drug-likeness (QED) is 0.884. The first-order valence-corrected chi connectivity index (χ1v) is 9.75. The molecule has 0 spiro atoms. The van der Waals surface area contributed by atoms with Gasteiger partial charge >= 0.3 is 6.03 Å². The van der Waals surface area contributed by atoms with Crippen LogP contribution in [0.4, 0.5) is 10.5 Å². The number of hydrogen-bond acceptors (Lipinski definition) is 4. The number of aryl methyl sites for hydroxylation is 2. The maximum atomic E-state index is 12.7. The van der Waals surface area contributed by atoms with Crippen LogP contribution in [-0.4, -0.2) is 63.8 Å². The van der Waals surface area contributed by atoms with E-state index in [9.17, 15) is 4.79 Å². The maximum Gasteiger partial charge on any atom is 0.321 e. The van der Waals surface area contributed by atoms with Crippen LogP contribution in [0.15, 0.2) is 18.2 Å². The predicted octanol–water partition coefficient (Wildman–Crippen LogP) is 2.40. The highest BCUT2D eigenvalue weighted by Crippen LogP contribution is 2.28. The van der Waals surface area contributed by atoms with E-state index in [0.29, 0.717) is 6.54 Å². The van der Waals surface area contributed by atoms with Gasteiger partial charge in [0.15, 0.2) is 0 Å². The minimum absolute atomic E-state index is 0.0280. The fraction of sp³-hybridized carbons (Fsp3) is 0.550. The van der Waals surface area contributed by atoms with Crippen LogP contribution in [0.1, 0.15) is 35.1 Å². The molecule has 1 fully saturated rings. The van der Waals surface area contributed by atoms with Crippen molar-refractivity contribution in [3.05, 3.63) is 41.0 Å². The molecule has 1 aromatic heterocycles. The summed E-state index contributed by atoms with van der Waals surface area (Å²) in [5, 5.41) is 12.0. The number of likely N-dealkylation sites (N-methyl/N-ethyl adjacent to an activating group) is 1. The van der Waals surface area contributed by atoms with E-state index >= 15 is 0 Å². The van der Waals surface area contributed by atoms with Gasteiger partial charge < -0.3 is 19.7 Å². The second kappa shape index (κ2) is 7.31. The molecular weight excluding hydrogens is 340 g/mol. The largest absolute Gasteiger partial charge is 0.324 e. The van der Waals surface area contributed by atoms with Gasteiger partial charge in [0, 0.05) is 50.7 Å². The lowest BCUT2D eigenvalue weighted by atomic mass is 10.1. The summed E-state index contributed by atoms with van der Waals surface area (Å²) in [4.78, 5) is 16.9. The third-order valence-corrected chi connectivity index (χ3v) is 5.74. The Morgan fingerprint density at radius 3 is 2.81 bits per heavy atom. The number of carbonyl (C=O) groups is 1. The summed E-state index contributed by atoms with van der Waals surface area (Å²) < 4.78 is 2.28. The molecule has 7 nitrogen and oxygen atoms in total. The number of anilines is 1. The summed E-state index contributed by atoms with van der Waals surface area (Å²) in [6.07, 6.45) is 1.88. The summed E-state index contributed by atoms with van der Waals surface area (Å²) in [5.74, 6) is 2.38. The zero-order chi connectivity index (χ0) is 19.0. The Bertz CT molecular complexity index is 845. The Hall–Kier alpha value is -2.41. The summed E-state index contributed by atoms with van der Waals surface area (Å²) in [5.41, 5.74) is 3.17. The highest BCUT2D eigenvalue weighted by Gasteiger charge is 2.32. The number of nitrogens with one attached hydrogen (secondary N) is 1. The highest BCUT2D eigenvalue weighted by atomic mass is 16.2. The van der Waals surface area contributed by atoms with Crippen molar-refractivity contribution in [1.82, 2.24) is 24.6 Å². The zero-order valence-corrected chi connectivity index (χ0v) is 16.4. The Morgan fingerprint density at radius 1 is 1.15 bits per heavy atom. The summed E-state index contributed by atoms with van der Waals surface area (Å²) in [7, 11) is 2.15. The third-order valence-electron chi connectivity index (χ3n) is 5.74. The molecule has 0 saturated carbocycles. The lowest BCUT2D eigenvalue weighted by Crippen LogP contribution is -2.33. The van der Waals surface area contributed by atoms with Crippen molar-refractivity contribution in [2.45, 2.75) is 39.2 Å². The van der Waals surface area contributed by atoms with Crippen LogP contribution in [0.3, 0.4) is 0 Å². The van der Waals surface area contributed by atoms with Crippen molar-refractivity contribution >= 4 is 11.7 Å². The van der Waals surface area contributed by atoms with Gasteiger partial charge in [0.2, 0.25) is 0 Å². The number of hydrogen-bond donors (Lipinski definition) is 1. The molecule has 2 aliphatic heterocycles. The van der Waals surface area contributed by atoms with Crippen molar-refractivity contribution in [3.8, 4) is 0 Å². The Balaban J connectivity index is 1.43. The minimum atomic E-state index is -0.0280. The van der Waals surface area contributed by atoms with Crippen molar-refractivity contribution < 1.29 is 4.79 Å². The van der Waals surface area contributed by atoms with Crippen LogP contribution in [0.5, 0.6) is 0 Å². The SMILES string of the molecule is Cc1ccc(NC(=O)N2CCC(c3nnc4n3CCN(C)CC4)C2)c(C)c1. The molecule has 1 N–H and O–H groups in total. The third kappa shape index (κ3) is 3.69. The normalized spacial score (nSPS) is 20.4. The van der Waals surface area contributed by atoms with Crippen molar-refractivity contribution in [2.24, 2.45) is 0 Å². The van der Waals surface area contributed by atoms with Gasteiger partial charge in [-0.2, -0.15) is 0 Å². The molecular formula is C20H28N6O. The first kappa shape index (κ1) is 18.0. The fourth-order valence-corrected chi connectivity index (χ4v) is 4.06. The number of nitrogens with zero attached hydrogens (tertiary/aromatic N) is 5. The molecule has 0 radical (unpaired) electrons. The van der Waals surface area contributed by atoms with Gasteiger partial charge in [-0.25, -0.2) is 4.79 Å². The number of fused-ring (bicyclic) bond motifs is 1. The average molecular weight is 368 g/mol. The van der Waals surface area contributed by atoms with E-state index in [1.54, 1.807) is 0 Å². The molecule has 2 aliphatic rings. The molecule has 2 aromatic rings. The van der Waals surface area contributed by atoms with Gasteiger partial charge in [0.25, 0.3) is 0 Å². The van der Waals surface area contributed by atoms with E-state index < -0.39 is 0 Å². The molecule has 1 unspecified atom stereocenters. The monoisotopic (exact) mass is 368 g/mol. The van der Waals surface area contributed by atoms with Gasteiger partial charge in [0.1, 0.15) is 11.6 Å². The fourth-order valence-electron chi connectivity index (χ4n) is 4.06. The molecule has 1 atom stereocenters. The summed E-state index contributed by atoms with van der Waals surface area (Å²) in [6.45, 7) is 8.50. The molecule has 7 heteroatoms. The van der Waals surface area contributed by atoms with E-state index in [2.05, 4.69) is 45.0 Å². The van der Waals surface area contributed by atoms with Gasteiger partial charge in [-0.15, -0.1) is 10.2 Å². The van der Waals surface area contributed by atoms with Crippen molar-refractivity contribution in [1.29, 1.82) is 0 Å². The molecule has 4 rings (SSSR count). The van der Waals surface area contributed by atoms with Crippen LogP contribution in [0.25, 0.3) is 0 Å². The van der Waals surface area contributed by atoms with Gasteiger partial charge in [-0.1, -0.05) is 17.7 Å². The van der Waals surface area contributed by atoms with Crippen LogP contribution < -0.4 is 5.32 Å². The Labute approximate surface area is 160 Å². The molecule has 1 aromatic carbocycles. The lowest BCUT2D eigenvalue weighted by molar-refractivity contribution is 0.222. The molecule has 0 bridgehead atoms. The van der Waals surface area contributed by atoms with Crippen LogP contribution in [0.2, 0.25) is 0 Å². The van der Waals surface area contributed by atoms with E-state index in [1.165, 1.54) is 5.56 Å². The summed E-state index contributed by atoms with van der Waals surface area (Å²) in [6, 6.07) is 6.06. The molecule has 27 heavy (non-hydrogen) atoms. The second-order valence-electron chi connectivity index (χ2n) is 7.86. The average Bonchev–Trinajstić information content (AvgIpc) is 3.23. The highest BCUT2D eigenvalue weighted by molar-refractivity contribution is 5.90. The van der Waals surface area contributed by atoms with Gasteiger partial charge in [-0.05, 0) is 38.9 Å². The topological polar surface area (TPSA) is 66.3 Å². The molecule has 1 saturated heterocycles. The number of urea groups is 1. The van der Waals surface area contributed by atoms with E-state index in [-0.39, 0.29) is 11.9 Å². The molecule has 0 aliphatic carbocycles. The number of amides is 2. The number of rotatable bonds is 2. The van der Waals surface area contributed by atoms with Gasteiger partial charge in [0.05, 0.1) is 0 Å². The standard InChI is InChI=1S/C20H28N6O/c1-14-4-5-17(15(2)12-14)21-20(27)25-9-6-16(13-25)19-23-22-18-7-8-24(3)10-11-26(18)19/h4-5,12,16H,6-11,13H2,1-3H3,(H,21,27). The maximum absolute atomic E-state index is 12.7. The summed E-state index contributed by atoms with van der Waals surface area (Å²) >= 11 is 0. The molecule has 144 valence electrons. The predicted molar refractivity (Wildman–Crippen MR) is 105 cm³/mol. The Kier molecular flexibility index (Phi) is 4.86. The number of aromatic nitrogens is 3. The van der Waals surface area contributed by atoms with E-state index in [4.69, 9.17) is 0 Å². The first-order chi connectivity index (χ1) is 13.0. The number of likely N-dealkylation sites (tertiary alicyclic amines) is 1. The second-order valence-corrected chi connectivity index (χ2v) is 7.86. The van der Waals surface area contributed by atoms with Crippen LogP contribution in [-0.2, 0) is 13.0 Å². The molecule has 2 amide bonds. The van der Waals surface area contributed by atoms with Crippen LogP contribution >= 0.6 is 0 Å². The smallest absolute Gasteiger partial charge is 0.321 e. The molecule has 3 heterocycles. The first-order valence-electron chi connectivity index (χ1n) is 9.75. The minimum Gasteiger partial charge on any atom is -0.324 e. The number of benzene rings is 1. The number of carbonyl (C=O) groups excluding carboxylic acids is 1. The van der Waals surface area contributed by atoms with Crippen molar-refractivity contribution in [3.63, 3.8) is 0 Å². The van der Waals surface area contributed by atoms with E-state index in [0.717, 1.165) is 61.9 Å². The van der Waals surface area contributed by atoms with Crippen molar-refractivity contribution in [2.75, 3.05) is 38.5 Å². The van der Waals surface area contributed by atoms with Crippen LogP contribution in [0, 0.1) is 13.8 Å². The zero-order valence-electron chi connectivity index (χ0n) is 16.4. The van der Waals surface area contributed by atoms with Gasteiger partial charge in [-0.3, -0.25) is 0 Å². The van der Waals surface area contributed by atoms with E-state index in [1.807, 2.05) is 24.0 Å².